The van der Waals surface area contributed by atoms with Crippen LogP contribution in [-0.4, -0.2) is 0 Å². The van der Waals surface area contributed by atoms with Gasteiger partial charge in [0, 0.05) is 38.3 Å². The maximum atomic E-state index is 6.86. The Morgan fingerprint density at radius 3 is 2.08 bits per heavy atom. The van der Waals surface area contributed by atoms with E-state index in [0.29, 0.717) is 0 Å². The average Bonchev–Trinajstić information content (AvgIpc) is 3.83. The molecule has 0 amide bonds. The third kappa shape index (κ3) is 4.12. The highest BCUT2D eigenvalue weighted by molar-refractivity contribution is 6.20. The van der Waals surface area contributed by atoms with Gasteiger partial charge in [0.25, 0.3) is 0 Å². The van der Waals surface area contributed by atoms with E-state index in [0.717, 1.165) is 56.2 Å². The molecule has 0 aliphatic heterocycles. The van der Waals surface area contributed by atoms with Crippen LogP contribution in [-0.2, 0) is 11.8 Å². The van der Waals surface area contributed by atoms with Crippen molar-refractivity contribution in [3.8, 4) is 33.4 Å². The van der Waals surface area contributed by atoms with Crippen molar-refractivity contribution in [1.82, 2.24) is 0 Å². The third-order valence-corrected chi connectivity index (χ3v) is 11.7. The van der Waals surface area contributed by atoms with Crippen molar-refractivity contribution in [2.75, 3.05) is 4.90 Å². The third-order valence-electron chi connectivity index (χ3n) is 11.7. The van der Waals surface area contributed by atoms with Gasteiger partial charge in [-0.3, -0.25) is 0 Å². The van der Waals surface area contributed by atoms with Crippen LogP contribution in [0.25, 0.3) is 66.1 Å². The van der Waals surface area contributed by atoms with Gasteiger partial charge in [0.05, 0.1) is 5.69 Å². The molecule has 1 heterocycles. The molecule has 2 heteroatoms. The maximum Gasteiger partial charge on any atom is 0.143 e. The van der Waals surface area contributed by atoms with Gasteiger partial charge in [0.2, 0.25) is 0 Å². The van der Waals surface area contributed by atoms with Crippen LogP contribution in [0.1, 0.15) is 36.1 Å². The topological polar surface area (TPSA) is 16.4 Å². The fraction of sp³-hybridized carbons (Fsp3) is 0.0800. The number of hydrogen-bond donors (Lipinski definition) is 0. The molecule has 2 aliphatic carbocycles. The van der Waals surface area contributed by atoms with Crippen molar-refractivity contribution in [3.05, 3.63) is 186 Å². The summed E-state index contributed by atoms with van der Waals surface area (Å²) in [4.78, 5) is 2.43. The summed E-state index contributed by atoms with van der Waals surface area (Å²) < 4.78 is 6.86. The summed E-state index contributed by atoms with van der Waals surface area (Å²) in [6, 6.07) is 60.0. The van der Waals surface area contributed by atoms with E-state index in [2.05, 4.69) is 183 Å². The van der Waals surface area contributed by atoms with Crippen LogP contribution in [0.5, 0.6) is 0 Å². The van der Waals surface area contributed by atoms with Gasteiger partial charge in [-0.2, -0.15) is 0 Å². The predicted molar refractivity (Wildman–Crippen MR) is 217 cm³/mol. The van der Waals surface area contributed by atoms with Gasteiger partial charge in [-0.25, -0.2) is 0 Å². The minimum atomic E-state index is -0.101. The first-order valence-corrected chi connectivity index (χ1v) is 18.2. The summed E-state index contributed by atoms with van der Waals surface area (Å²) in [5.41, 5.74) is 18.5. The minimum absolute atomic E-state index is 0.101. The number of fused-ring (bicyclic) bond motifs is 11. The average molecular weight is 666 g/mol. The predicted octanol–water partition coefficient (Wildman–Crippen LogP) is 13.8. The second-order valence-electron chi connectivity index (χ2n) is 14.9. The molecule has 0 bridgehead atoms. The highest BCUT2D eigenvalue weighted by atomic mass is 16.3. The summed E-state index contributed by atoms with van der Waals surface area (Å²) in [6.07, 6.45) is 0.954. The van der Waals surface area contributed by atoms with E-state index < -0.39 is 0 Å². The molecule has 52 heavy (non-hydrogen) atoms. The molecule has 2 nitrogen and oxygen atoms in total. The van der Waals surface area contributed by atoms with Crippen LogP contribution in [0.15, 0.2) is 168 Å². The Balaban J connectivity index is 1.11. The zero-order valence-electron chi connectivity index (χ0n) is 29.2. The molecule has 0 spiro atoms. The zero-order valence-corrected chi connectivity index (χ0v) is 29.2. The molecule has 0 atom stereocenters. The number of furan rings is 1. The highest BCUT2D eigenvalue weighted by Crippen LogP contribution is 2.52. The molecule has 9 aromatic rings. The van der Waals surface area contributed by atoms with E-state index in [1.54, 1.807) is 0 Å². The fourth-order valence-corrected chi connectivity index (χ4v) is 9.19. The second-order valence-corrected chi connectivity index (χ2v) is 14.9. The molecular formula is C50H35NO. The first kappa shape index (κ1) is 29.4. The fourth-order valence-electron chi connectivity index (χ4n) is 9.19. The first-order chi connectivity index (χ1) is 25.5. The Labute approximate surface area is 303 Å². The number of para-hydroxylation sites is 1. The quantitative estimate of drug-likeness (QED) is 0.186. The number of hydrogen-bond acceptors (Lipinski definition) is 2. The van der Waals surface area contributed by atoms with Crippen molar-refractivity contribution in [3.63, 3.8) is 0 Å². The van der Waals surface area contributed by atoms with E-state index in [9.17, 15) is 0 Å². The molecule has 1 aromatic heterocycles. The van der Waals surface area contributed by atoms with Crippen molar-refractivity contribution < 1.29 is 4.42 Å². The maximum absolute atomic E-state index is 6.86. The lowest BCUT2D eigenvalue weighted by molar-refractivity contribution is 0.660. The molecule has 0 unspecified atom stereocenters. The van der Waals surface area contributed by atoms with Gasteiger partial charge in [0.1, 0.15) is 11.2 Å². The van der Waals surface area contributed by atoms with Crippen LogP contribution in [0, 0.1) is 0 Å². The standard InChI is InChI=1S/C50H35NO/c1-50(2)45-22-11-10-17-38(45)39-26-24-34(29-46(39)50)51(33-14-4-3-5-15-33)47-30-44-41-25-23-32(28-48(41)52-49(44)42-19-9-8-18-40(42)47)36-20-12-21-37-35-16-7-6-13-31(35)27-43(36)37/h3-26,28-30H,27H2,1-2H3. The molecule has 0 fully saturated rings. The molecule has 0 N–H and O–H groups in total. The van der Waals surface area contributed by atoms with Gasteiger partial charge < -0.3 is 9.32 Å². The zero-order chi connectivity index (χ0) is 34.6. The Morgan fingerprint density at radius 1 is 0.481 bits per heavy atom. The van der Waals surface area contributed by atoms with Crippen LogP contribution >= 0.6 is 0 Å². The number of rotatable bonds is 4. The van der Waals surface area contributed by atoms with Gasteiger partial charge >= 0.3 is 0 Å². The van der Waals surface area contributed by atoms with Gasteiger partial charge in [-0.05, 0) is 105 Å². The highest BCUT2D eigenvalue weighted by Gasteiger charge is 2.36. The molecule has 0 saturated heterocycles. The lowest BCUT2D eigenvalue weighted by Crippen LogP contribution is -2.16. The number of benzene rings is 8. The molecule has 2 aliphatic rings. The summed E-state index contributed by atoms with van der Waals surface area (Å²) in [6.45, 7) is 4.70. The molecule has 8 aromatic carbocycles. The monoisotopic (exact) mass is 665 g/mol. The van der Waals surface area contributed by atoms with E-state index in [1.807, 2.05) is 0 Å². The Hall–Kier alpha value is -6.38. The normalized spacial score (nSPS) is 13.7. The lowest BCUT2D eigenvalue weighted by Gasteiger charge is -2.29. The number of anilines is 3. The Bertz CT molecular complexity index is 2910. The SMILES string of the molecule is CC1(C)c2ccccc2-c2ccc(N(c3ccccc3)c3cc4c5ccc(-c6cccc7c6Cc6ccccc6-7)cc5oc4c4ccccc34)cc21. The minimum Gasteiger partial charge on any atom is -0.455 e. The van der Waals surface area contributed by atoms with Gasteiger partial charge in [-0.15, -0.1) is 0 Å². The Morgan fingerprint density at radius 2 is 1.19 bits per heavy atom. The van der Waals surface area contributed by atoms with E-state index in [1.165, 1.54) is 55.6 Å². The molecule has 246 valence electrons. The molecule has 0 radical (unpaired) electrons. The van der Waals surface area contributed by atoms with Crippen molar-refractivity contribution >= 4 is 49.8 Å². The summed E-state index contributed by atoms with van der Waals surface area (Å²) in [7, 11) is 0. The summed E-state index contributed by atoms with van der Waals surface area (Å²) >= 11 is 0. The number of nitrogens with zero attached hydrogens (tertiary/aromatic N) is 1. The van der Waals surface area contributed by atoms with Crippen molar-refractivity contribution in [2.24, 2.45) is 0 Å². The van der Waals surface area contributed by atoms with E-state index in [4.69, 9.17) is 4.42 Å². The van der Waals surface area contributed by atoms with Crippen molar-refractivity contribution in [1.29, 1.82) is 0 Å². The van der Waals surface area contributed by atoms with E-state index >= 15 is 0 Å². The Kier molecular flexibility index (Phi) is 6.10. The lowest BCUT2D eigenvalue weighted by atomic mass is 9.82. The van der Waals surface area contributed by atoms with Crippen LogP contribution < -0.4 is 4.90 Å². The largest absolute Gasteiger partial charge is 0.455 e. The molecule has 11 rings (SSSR count). The second kappa shape index (κ2) is 10.8. The van der Waals surface area contributed by atoms with Crippen LogP contribution in [0.4, 0.5) is 17.1 Å². The summed E-state index contributed by atoms with van der Waals surface area (Å²) in [5, 5.41) is 4.51. The van der Waals surface area contributed by atoms with Gasteiger partial charge in [-0.1, -0.05) is 135 Å². The first-order valence-electron chi connectivity index (χ1n) is 18.2. The van der Waals surface area contributed by atoms with E-state index in [-0.39, 0.29) is 5.41 Å². The van der Waals surface area contributed by atoms with Crippen LogP contribution in [0.2, 0.25) is 0 Å². The van der Waals surface area contributed by atoms with Crippen molar-refractivity contribution in [2.45, 2.75) is 25.7 Å². The van der Waals surface area contributed by atoms with Gasteiger partial charge in [0.15, 0.2) is 0 Å². The van der Waals surface area contributed by atoms with Crippen LogP contribution in [0.3, 0.4) is 0 Å². The smallest absolute Gasteiger partial charge is 0.143 e. The molecular weight excluding hydrogens is 631 g/mol. The summed E-state index contributed by atoms with van der Waals surface area (Å²) in [5.74, 6) is 0. The molecule has 0 saturated carbocycles.